The van der Waals surface area contributed by atoms with E-state index in [2.05, 4.69) is 28.8 Å². The van der Waals surface area contributed by atoms with Gasteiger partial charge in [-0.3, -0.25) is 14.6 Å². The van der Waals surface area contributed by atoms with E-state index in [4.69, 9.17) is 0 Å². The third-order valence-corrected chi connectivity index (χ3v) is 4.86. The van der Waals surface area contributed by atoms with Crippen LogP contribution < -0.4 is 10.9 Å². The smallest absolute Gasteiger partial charge is 0.271 e. The highest BCUT2D eigenvalue weighted by atomic mass is 16.2. The molecule has 3 heterocycles. The van der Waals surface area contributed by atoms with Gasteiger partial charge in [0.25, 0.3) is 5.56 Å². The van der Waals surface area contributed by atoms with E-state index in [-0.39, 0.29) is 17.5 Å². The van der Waals surface area contributed by atoms with Gasteiger partial charge in [0.05, 0.1) is 5.69 Å². The van der Waals surface area contributed by atoms with E-state index < -0.39 is 0 Å². The summed E-state index contributed by atoms with van der Waals surface area (Å²) in [5.74, 6) is 0.283. The summed E-state index contributed by atoms with van der Waals surface area (Å²) < 4.78 is 0. The van der Waals surface area contributed by atoms with Gasteiger partial charge in [0.2, 0.25) is 5.91 Å². The number of aromatic nitrogens is 2. The zero-order valence-electron chi connectivity index (χ0n) is 15.2. The van der Waals surface area contributed by atoms with Crippen LogP contribution in [0.4, 0.5) is 5.69 Å². The number of carbonyl (C=O) groups excluding carboxylic acids is 1. The predicted molar refractivity (Wildman–Crippen MR) is 103 cm³/mol. The zero-order chi connectivity index (χ0) is 18.7. The number of aryl methyl sites for hydroxylation is 1. The summed E-state index contributed by atoms with van der Waals surface area (Å²) in [5.41, 5.74) is 3.18. The van der Waals surface area contributed by atoms with E-state index in [0.29, 0.717) is 24.7 Å². The Morgan fingerprint density at radius 1 is 1.50 bits per heavy atom. The minimum absolute atomic E-state index is 0.0403. The molecule has 0 aliphatic carbocycles. The lowest BCUT2D eigenvalue weighted by atomic mass is 9.89. The molecule has 0 saturated carbocycles. The Bertz CT molecular complexity index is 868. The lowest BCUT2D eigenvalue weighted by molar-refractivity contribution is -0.132. The topological polar surface area (TPSA) is 78.1 Å². The van der Waals surface area contributed by atoms with Crippen molar-refractivity contribution in [1.82, 2.24) is 14.9 Å². The van der Waals surface area contributed by atoms with Gasteiger partial charge in [0.15, 0.2) is 0 Å². The van der Waals surface area contributed by atoms with Crippen molar-refractivity contribution in [2.24, 2.45) is 5.92 Å². The quantitative estimate of drug-likeness (QED) is 0.783. The molecule has 2 aromatic rings. The van der Waals surface area contributed by atoms with E-state index in [0.717, 1.165) is 23.2 Å². The van der Waals surface area contributed by atoms with Gasteiger partial charge in [-0.2, -0.15) is 0 Å². The average molecular weight is 352 g/mol. The molecule has 6 nitrogen and oxygen atoms in total. The lowest BCUT2D eigenvalue weighted by Gasteiger charge is -2.43. The first-order chi connectivity index (χ1) is 12.5. The lowest BCUT2D eigenvalue weighted by Crippen LogP contribution is -2.55. The summed E-state index contributed by atoms with van der Waals surface area (Å²) in [6, 6.07) is 5.90. The molecule has 0 radical (unpaired) electrons. The first kappa shape index (κ1) is 17.9. The molecule has 1 saturated heterocycles. The normalized spacial score (nSPS) is 15.2. The highest BCUT2D eigenvalue weighted by molar-refractivity contribution is 5.87. The molecule has 26 heavy (non-hydrogen) atoms. The fraction of sp³-hybridized carbons (Fsp3) is 0.350. The number of aromatic amines is 1. The highest BCUT2D eigenvalue weighted by Gasteiger charge is 2.34. The standard InChI is InChI=1S/C20H24N4O2/c1-4-16(15-11-24(12-15)19(25)5-2)23-18-9-14(10-22-20(18)26)17-8-13(3)6-7-21-17/h5-10,15-16,23H,2,4,11-12H2,1,3H3,(H,22,26). The molecule has 0 bridgehead atoms. The molecule has 6 heteroatoms. The molecule has 1 unspecified atom stereocenters. The Balaban J connectivity index is 1.76. The van der Waals surface area contributed by atoms with E-state index in [1.54, 1.807) is 17.3 Å². The number of rotatable bonds is 6. The van der Waals surface area contributed by atoms with Gasteiger partial charge in [-0.15, -0.1) is 0 Å². The maximum atomic E-state index is 12.3. The third kappa shape index (κ3) is 3.69. The van der Waals surface area contributed by atoms with Crippen LogP contribution in [0.25, 0.3) is 11.3 Å². The second-order valence-electron chi connectivity index (χ2n) is 6.72. The molecule has 0 aromatic carbocycles. The summed E-state index contributed by atoms with van der Waals surface area (Å²) in [7, 11) is 0. The van der Waals surface area contributed by atoms with Crippen molar-refractivity contribution < 1.29 is 4.79 Å². The molecule has 136 valence electrons. The van der Waals surface area contributed by atoms with Crippen LogP contribution in [0, 0.1) is 12.8 Å². The number of carbonyl (C=O) groups is 1. The fourth-order valence-electron chi connectivity index (χ4n) is 3.26. The van der Waals surface area contributed by atoms with Crippen molar-refractivity contribution in [2.45, 2.75) is 26.3 Å². The first-order valence-electron chi connectivity index (χ1n) is 8.85. The van der Waals surface area contributed by atoms with Crippen molar-refractivity contribution in [1.29, 1.82) is 0 Å². The maximum Gasteiger partial charge on any atom is 0.271 e. The van der Waals surface area contributed by atoms with Gasteiger partial charge in [-0.25, -0.2) is 0 Å². The molecule has 1 amide bonds. The fourth-order valence-corrected chi connectivity index (χ4v) is 3.26. The van der Waals surface area contributed by atoms with Crippen LogP contribution >= 0.6 is 0 Å². The number of nitrogens with one attached hydrogen (secondary N) is 2. The molecule has 0 spiro atoms. The number of likely N-dealkylation sites (tertiary alicyclic amines) is 1. The van der Waals surface area contributed by atoms with E-state index in [9.17, 15) is 9.59 Å². The summed E-state index contributed by atoms with van der Waals surface area (Å²) in [5, 5.41) is 3.37. The van der Waals surface area contributed by atoms with Crippen molar-refractivity contribution in [3.8, 4) is 11.3 Å². The Kier molecular flexibility index (Phi) is 5.21. The monoisotopic (exact) mass is 352 g/mol. The van der Waals surface area contributed by atoms with Crippen LogP contribution in [-0.2, 0) is 4.79 Å². The maximum absolute atomic E-state index is 12.3. The van der Waals surface area contributed by atoms with Crippen LogP contribution in [-0.4, -0.2) is 39.9 Å². The second kappa shape index (κ2) is 7.56. The highest BCUT2D eigenvalue weighted by Crippen LogP contribution is 2.25. The van der Waals surface area contributed by atoms with Crippen molar-refractivity contribution in [3.63, 3.8) is 0 Å². The second-order valence-corrected chi connectivity index (χ2v) is 6.72. The molecule has 2 aromatic heterocycles. The molecular formula is C20H24N4O2. The van der Waals surface area contributed by atoms with Gasteiger partial charge in [0.1, 0.15) is 5.69 Å². The van der Waals surface area contributed by atoms with Crippen molar-refractivity contribution in [2.75, 3.05) is 18.4 Å². The molecule has 1 fully saturated rings. The Hall–Kier alpha value is -2.89. The van der Waals surface area contributed by atoms with Crippen LogP contribution in [0.5, 0.6) is 0 Å². The van der Waals surface area contributed by atoms with Gasteiger partial charge >= 0.3 is 0 Å². The largest absolute Gasteiger partial charge is 0.377 e. The van der Waals surface area contributed by atoms with Crippen molar-refractivity contribution in [3.05, 3.63) is 59.2 Å². The number of amides is 1. The molecule has 2 N–H and O–H groups in total. The number of hydrogen-bond acceptors (Lipinski definition) is 4. The van der Waals surface area contributed by atoms with E-state index >= 15 is 0 Å². The van der Waals surface area contributed by atoms with E-state index in [1.165, 1.54) is 6.08 Å². The van der Waals surface area contributed by atoms with Crippen LogP contribution in [0.2, 0.25) is 0 Å². The van der Waals surface area contributed by atoms with Crippen molar-refractivity contribution >= 4 is 11.6 Å². The summed E-state index contributed by atoms with van der Waals surface area (Å²) in [4.78, 5) is 32.8. The minimum atomic E-state index is -0.154. The average Bonchev–Trinajstić information content (AvgIpc) is 2.60. The number of pyridine rings is 2. The zero-order valence-corrected chi connectivity index (χ0v) is 15.2. The Morgan fingerprint density at radius 2 is 2.27 bits per heavy atom. The SMILES string of the molecule is C=CC(=O)N1CC(C(CC)Nc2cc(-c3cc(C)ccn3)c[nH]c2=O)C1. The molecular weight excluding hydrogens is 328 g/mol. The van der Waals surface area contributed by atoms with Gasteiger partial charge < -0.3 is 15.2 Å². The summed E-state index contributed by atoms with van der Waals surface area (Å²) in [6.07, 6.45) is 5.65. The minimum Gasteiger partial charge on any atom is -0.377 e. The number of nitrogens with zero attached hydrogens (tertiary/aromatic N) is 2. The summed E-state index contributed by atoms with van der Waals surface area (Å²) >= 11 is 0. The summed E-state index contributed by atoms with van der Waals surface area (Å²) in [6.45, 7) is 8.98. The number of H-pyrrole nitrogens is 1. The van der Waals surface area contributed by atoms with Crippen LogP contribution in [0.3, 0.4) is 0 Å². The molecule has 1 aliphatic heterocycles. The van der Waals surface area contributed by atoms with Gasteiger partial charge in [0, 0.05) is 43.0 Å². The van der Waals surface area contributed by atoms with Crippen LogP contribution in [0.15, 0.2) is 48.0 Å². The molecule has 3 rings (SSSR count). The Morgan fingerprint density at radius 3 is 2.92 bits per heavy atom. The van der Waals surface area contributed by atoms with E-state index in [1.807, 2.05) is 25.1 Å². The number of anilines is 1. The Labute approximate surface area is 153 Å². The predicted octanol–water partition coefficient (Wildman–Crippen LogP) is 2.58. The first-order valence-corrected chi connectivity index (χ1v) is 8.85. The van der Waals surface area contributed by atoms with Gasteiger partial charge in [-0.05, 0) is 43.2 Å². The number of hydrogen-bond donors (Lipinski definition) is 2. The molecule has 1 atom stereocenters. The van der Waals surface area contributed by atoms with Crippen LogP contribution in [0.1, 0.15) is 18.9 Å². The third-order valence-electron chi connectivity index (χ3n) is 4.86. The molecule has 1 aliphatic rings. The van der Waals surface area contributed by atoms with Gasteiger partial charge in [-0.1, -0.05) is 13.5 Å².